The van der Waals surface area contributed by atoms with Crippen molar-refractivity contribution in [2.75, 3.05) is 13.6 Å². The van der Waals surface area contributed by atoms with Gasteiger partial charge in [0, 0.05) is 31.4 Å². The molecule has 3 rings (SSSR count). The molecule has 0 unspecified atom stereocenters. The summed E-state index contributed by atoms with van der Waals surface area (Å²) in [7, 11) is 1.78. The molecule has 0 bridgehead atoms. The minimum absolute atomic E-state index is 0. The molecular formula is C21H29IN6O. The lowest BCUT2D eigenvalue weighted by Gasteiger charge is -2.15. The van der Waals surface area contributed by atoms with E-state index in [0.717, 1.165) is 58.6 Å². The number of halogens is 1. The number of para-hydroxylation sites is 1. The third-order valence-electron chi connectivity index (χ3n) is 4.75. The van der Waals surface area contributed by atoms with Gasteiger partial charge in [-0.3, -0.25) is 4.99 Å². The zero-order chi connectivity index (χ0) is 20.1. The van der Waals surface area contributed by atoms with Crippen LogP contribution in [0.1, 0.15) is 34.0 Å². The number of aryl methyl sites for hydroxylation is 4. The van der Waals surface area contributed by atoms with Crippen molar-refractivity contribution in [3.63, 3.8) is 0 Å². The van der Waals surface area contributed by atoms with Crippen molar-refractivity contribution in [1.29, 1.82) is 0 Å². The van der Waals surface area contributed by atoms with E-state index in [9.17, 15) is 0 Å². The molecule has 29 heavy (non-hydrogen) atoms. The summed E-state index contributed by atoms with van der Waals surface area (Å²) in [5.74, 6) is 1.64. The lowest BCUT2D eigenvalue weighted by molar-refractivity contribution is 0.392. The number of nitrogens with one attached hydrogen (secondary N) is 2. The van der Waals surface area contributed by atoms with Gasteiger partial charge in [-0.05, 0) is 51.8 Å². The molecule has 0 radical (unpaired) electrons. The average molecular weight is 508 g/mol. The standard InChI is InChI=1S/C21H28N6O.HI/c1-14-12-15(2)27(25-14)20-9-7-6-8-18(20)13-24-21(22-5)23-11-10-19-16(3)26-28-17(19)4;/h6-9,12H,10-11,13H2,1-5H3,(H2,22,23,24);1H. The zero-order valence-corrected chi connectivity index (χ0v) is 19.9. The number of aliphatic imine (C=N–C) groups is 1. The van der Waals surface area contributed by atoms with Crippen LogP contribution in [0.3, 0.4) is 0 Å². The highest BCUT2D eigenvalue weighted by Crippen LogP contribution is 2.17. The minimum Gasteiger partial charge on any atom is -0.361 e. The smallest absolute Gasteiger partial charge is 0.191 e. The van der Waals surface area contributed by atoms with Crippen molar-refractivity contribution in [3.05, 3.63) is 64.3 Å². The molecule has 0 atom stereocenters. The van der Waals surface area contributed by atoms with Crippen molar-refractivity contribution in [2.45, 2.75) is 40.7 Å². The van der Waals surface area contributed by atoms with Gasteiger partial charge in [-0.1, -0.05) is 23.4 Å². The SMILES string of the molecule is CN=C(NCCc1c(C)noc1C)NCc1ccccc1-n1nc(C)cc1C.I. The van der Waals surface area contributed by atoms with Crippen molar-refractivity contribution < 1.29 is 4.52 Å². The van der Waals surface area contributed by atoms with E-state index in [1.165, 1.54) is 0 Å². The van der Waals surface area contributed by atoms with Gasteiger partial charge in [0.15, 0.2) is 5.96 Å². The molecule has 2 aromatic heterocycles. The number of guanidine groups is 1. The molecule has 8 heteroatoms. The van der Waals surface area contributed by atoms with E-state index < -0.39 is 0 Å². The van der Waals surface area contributed by atoms with Gasteiger partial charge in [0.05, 0.1) is 17.1 Å². The van der Waals surface area contributed by atoms with Crippen LogP contribution in [0.4, 0.5) is 0 Å². The first-order chi connectivity index (χ1) is 13.5. The molecule has 2 N–H and O–H groups in total. The first-order valence-electron chi connectivity index (χ1n) is 9.47. The fourth-order valence-corrected chi connectivity index (χ4v) is 3.30. The Bertz CT molecular complexity index is 956. The largest absolute Gasteiger partial charge is 0.361 e. The summed E-state index contributed by atoms with van der Waals surface area (Å²) in [6.07, 6.45) is 0.838. The summed E-state index contributed by atoms with van der Waals surface area (Å²) in [4.78, 5) is 4.32. The molecule has 0 aliphatic carbocycles. The Morgan fingerprint density at radius 1 is 1.14 bits per heavy atom. The predicted molar refractivity (Wildman–Crippen MR) is 126 cm³/mol. The van der Waals surface area contributed by atoms with Crippen molar-refractivity contribution in [1.82, 2.24) is 25.6 Å². The topological polar surface area (TPSA) is 80.3 Å². The molecule has 0 aliphatic rings. The first kappa shape index (κ1) is 22.9. The van der Waals surface area contributed by atoms with Gasteiger partial charge in [0.2, 0.25) is 0 Å². The van der Waals surface area contributed by atoms with Crippen molar-refractivity contribution in [3.8, 4) is 5.69 Å². The third kappa shape index (κ3) is 5.59. The quantitative estimate of drug-likeness (QED) is 0.302. The monoisotopic (exact) mass is 508 g/mol. The molecule has 2 heterocycles. The van der Waals surface area contributed by atoms with Gasteiger partial charge < -0.3 is 15.2 Å². The maximum Gasteiger partial charge on any atom is 0.191 e. The van der Waals surface area contributed by atoms with Gasteiger partial charge in [-0.15, -0.1) is 24.0 Å². The van der Waals surface area contributed by atoms with E-state index in [1.54, 1.807) is 7.05 Å². The number of benzene rings is 1. The first-order valence-corrected chi connectivity index (χ1v) is 9.47. The number of rotatable bonds is 6. The molecule has 7 nitrogen and oxygen atoms in total. The fraction of sp³-hybridized carbons (Fsp3) is 0.381. The Hall–Kier alpha value is -2.36. The summed E-state index contributed by atoms with van der Waals surface area (Å²) in [6, 6.07) is 10.4. The van der Waals surface area contributed by atoms with Crippen LogP contribution in [0.15, 0.2) is 39.8 Å². The summed E-state index contributed by atoms with van der Waals surface area (Å²) in [6.45, 7) is 9.39. The number of hydrogen-bond acceptors (Lipinski definition) is 4. The van der Waals surface area contributed by atoms with Crippen LogP contribution in [0.25, 0.3) is 5.69 Å². The Labute approximate surface area is 189 Å². The third-order valence-corrected chi connectivity index (χ3v) is 4.75. The zero-order valence-electron chi connectivity index (χ0n) is 17.6. The number of nitrogens with zero attached hydrogens (tertiary/aromatic N) is 4. The van der Waals surface area contributed by atoms with Crippen LogP contribution in [0, 0.1) is 27.7 Å². The maximum atomic E-state index is 5.22. The maximum absolute atomic E-state index is 5.22. The van der Waals surface area contributed by atoms with E-state index in [0.29, 0.717) is 6.54 Å². The Morgan fingerprint density at radius 2 is 1.90 bits per heavy atom. The summed E-state index contributed by atoms with van der Waals surface area (Å²) < 4.78 is 7.21. The van der Waals surface area contributed by atoms with Crippen LogP contribution in [0.5, 0.6) is 0 Å². The van der Waals surface area contributed by atoms with E-state index in [2.05, 4.69) is 51.0 Å². The molecule has 0 saturated heterocycles. The second-order valence-corrected chi connectivity index (χ2v) is 6.87. The molecule has 0 aliphatic heterocycles. The van der Waals surface area contributed by atoms with Crippen molar-refractivity contribution >= 4 is 29.9 Å². The highest BCUT2D eigenvalue weighted by Gasteiger charge is 2.10. The van der Waals surface area contributed by atoms with Gasteiger partial charge in [0.25, 0.3) is 0 Å². The van der Waals surface area contributed by atoms with E-state index in [-0.39, 0.29) is 24.0 Å². The van der Waals surface area contributed by atoms with Crippen LogP contribution in [0.2, 0.25) is 0 Å². The molecular weight excluding hydrogens is 479 g/mol. The van der Waals surface area contributed by atoms with E-state index >= 15 is 0 Å². The van der Waals surface area contributed by atoms with Crippen LogP contribution >= 0.6 is 24.0 Å². The molecule has 3 aromatic rings. The van der Waals surface area contributed by atoms with Crippen molar-refractivity contribution in [2.24, 2.45) is 4.99 Å². The Morgan fingerprint density at radius 3 is 2.52 bits per heavy atom. The van der Waals surface area contributed by atoms with Gasteiger partial charge in [-0.2, -0.15) is 5.10 Å². The van der Waals surface area contributed by atoms with Gasteiger partial charge in [0.1, 0.15) is 5.76 Å². The lowest BCUT2D eigenvalue weighted by atomic mass is 10.1. The molecule has 0 saturated carbocycles. The Kier molecular flexibility index (Phi) is 8.24. The highest BCUT2D eigenvalue weighted by molar-refractivity contribution is 14.0. The normalized spacial score (nSPS) is 11.3. The van der Waals surface area contributed by atoms with Crippen LogP contribution in [-0.4, -0.2) is 34.5 Å². The molecule has 0 fully saturated rings. The van der Waals surface area contributed by atoms with Gasteiger partial charge in [-0.25, -0.2) is 4.68 Å². The summed E-state index contributed by atoms with van der Waals surface area (Å²) in [5.41, 5.74) is 6.46. The highest BCUT2D eigenvalue weighted by atomic mass is 127. The number of aromatic nitrogens is 3. The van der Waals surface area contributed by atoms with Gasteiger partial charge >= 0.3 is 0 Å². The summed E-state index contributed by atoms with van der Waals surface area (Å²) >= 11 is 0. The van der Waals surface area contributed by atoms with E-state index in [1.807, 2.05) is 37.6 Å². The molecule has 156 valence electrons. The second kappa shape index (κ2) is 10.4. The predicted octanol–water partition coefficient (Wildman–Crippen LogP) is 3.62. The molecule has 0 spiro atoms. The van der Waals surface area contributed by atoms with Crippen LogP contribution < -0.4 is 10.6 Å². The molecule has 0 amide bonds. The summed E-state index contributed by atoms with van der Waals surface area (Å²) in [5, 5.41) is 15.4. The fourth-order valence-electron chi connectivity index (χ4n) is 3.30. The second-order valence-electron chi connectivity index (χ2n) is 6.87. The average Bonchev–Trinajstić information content (AvgIpc) is 3.19. The number of hydrogen-bond donors (Lipinski definition) is 2. The molecule has 1 aromatic carbocycles. The minimum atomic E-state index is 0. The van der Waals surface area contributed by atoms with E-state index in [4.69, 9.17) is 4.52 Å². The Balaban J connectivity index is 0.00000300. The lowest BCUT2D eigenvalue weighted by Crippen LogP contribution is -2.38. The van der Waals surface area contributed by atoms with Crippen LogP contribution in [-0.2, 0) is 13.0 Å².